The minimum atomic E-state index is -0.745. The van der Waals surface area contributed by atoms with Crippen LogP contribution in [0, 0.1) is 0 Å². The molecule has 0 atom stereocenters. The van der Waals surface area contributed by atoms with Crippen LogP contribution in [0.3, 0.4) is 0 Å². The van der Waals surface area contributed by atoms with Crippen molar-refractivity contribution in [1.29, 1.82) is 0 Å². The molecule has 0 aliphatic rings. The third kappa shape index (κ3) is 114. The topological polar surface area (TPSA) is 57.5 Å². The Morgan fingerprint density at radius 3 is 1.56 bits per heavy atom. The van der Waals surface area contributed by atoms with E-state index >= 15 is 0 Å². The molecule has 0 amide bonds. The van der Waals surface area contributed by atoms with Gasteiger partial charge in [0.05, 0.1) is 0 Å². The number of aliphatic carboxylic acids is 1. The summed E-state index contributed by atoms with van der Waals surface area (Å²) in [7, 11) is 0. The molecule has 0 aliphatic carbocycles. The van der Waals surface area contributed by atoms with E-state index in [0.29, 0.717) is 0 Å². The Hall–Kier alpha value is -0.640. The predicted molar refractivity (Wildman–Crippen MR) is 33.2 cm³/mol. The SMILES string of the molecule is CCC(=O)O.CCO.F. The maximum absolute atomic E-state index is 9.37. The minimum Gasteiger partial charge on any atom is -0.481 e. The lowest BCUT2D eigenvalue weighted by Gasteiger charge is -1.71. The van der Waals surface area contributed by atoms with E-state index in [4.69, 9.17) is 10.2 Å². The number of carboxylic acids is 1. The average Bonchev–Trinajstić information content (AvgIpc) is 1.69. The molecule has 0 bridgehead atoms. The van der Waals surface area contributed by atoms with Gasteiger partial charge in [0.2, 0.25) is 0 Å². The highest BCUT2D eigenvalue weighted by Crippen LogP contribution is 1.67. The lowest BCUT2D eigenvalue weighted by molar-refractivity contribution is -0.136. The van der Waals surface area contributed by atoms with Gasteiger partial charge in [-0.25, -0.2) is 0 Å². The zero-order chi connectivity index (χ0) is 6.99. The van der Waals surface area contributed by atoms with Gasteiger partial charge in [-0.05, 0) is 6.92 Å². The Bertz CT molecular complexity index is 56.2. The van der Waals surface area contributed by atoms with Crippen LogP contribution in [0.4, 0.5) is 4.70 Å². The van der Waals surface area contributed by atoms with Crippen LogP contribution in [-0.4, -0.2) is 22.8 Å². The number of hydrogen-bond acceptors (Lipinski definition) is 2. The van der Waals surface area contributed by atoms with Crippen LogP contribution in [0.1, 0.15) is 20.3 Å². The highest BCUT2D eigenvalue weighted by atomic mass is 19.0. The van der Waals surface area contributed by atoms with Crippen LogP contribution < -0.4 is 0 Å². The molecule has 2 N–H and O–H groups in total. The molecule has 0 aromatic heterocycles. The summed E-state index contributed by atoms with van der Waals surface area (Å²) in [5, 5.41) is 15.3. The molecule has 4 heteroatoms. The van der Waals surface area contributed by atoms with Crippen LogP contribution in [0.15, 0.2) is 0 Å². The predicted octanol–water partition coefficient (Wildman–Crippen LogP) is 0.632. The van der Waals surface area contributed by atoms with Crippen molar-refractivity contribution in [1.82, 2.24) is 0 Å². The smallest absolute Gasteiger partial charge is 0.303 e. The Balaban J connectivity index is -0.0000000800. The number of aliphatic hydroxyl groups is 1. The summed E-state index contributed by atoms with van der Waals surface area (Å²) in [6, 6.07) is 0. The van der Waals surface area contributed by atoms with Crippen molar-refractivity contribution in [3.63, 3.8) is 0 Å². The molecule has 0 unspecified atom stereocenters. The molecule has 58 valence electrons. The number of carboxylic acid groups (broad SMARTS) is 1. The zero-order valence-corrected chi connectivity index (χ0v) is 5.63. The van der Waals surface area contributed by atoms with E-state index in [-0.39, 0.29) is 17.7 Å². The van der Waals surface area contributed by atoms with Gasteiger partial charge in [0, 0.05) is 13.0 Å². The first kappa shape index (κ1) is 15.8. The van der Waals surface area contributed by atoms with Crippen molar-refractivity contribution in [3.05, 3.63) is 0 Å². The summed E-state index contributed by atoms with van der Waals surface area (Å²) in [4.78, 5) is 9.37. The Morgan fingerprint density at radius 1 is 1.44 bits per heavy atom. The summed E-state index contributed by atoms with van der Waals surface area (Å²) in [6.45, 7) is 3.53. The van der Waals surface area contributed by atoms with Crippen LogP contribution in [0.25, 0.3) is 0 Å². The van der Waals surface area contributed by atoms with Gasteiger partial charge in [-0.1, -0.05) is 6.92 Å². The van der Waals surface area contributed by atoms with Crippen LogP contribution >= 0.6 is 0 Å². The highest BCUT2D eigenvalue weighted by molar-refractivity contribution is 5.66. The normalized spacial score (nSPS) is 6.11. The van der Waals surface area contributed by atoms with Crippen molar-refractivity contribution in [3.8, 4) is 0 Å². The summed E-state index contributed by atoms with van der Waals surface area (Å²) in [6.07, 6.45) is 0.222. The Kier molecular flexibility index (Phi) is 27.4. The fourth-order valence-corrected chi connectivity index (χ4v) is 0. The Labute approximate surface area is 53.7 Å². The molecule has 0 spiro atoms. The summed E-state index contributed by atoms with van der Waals surface area (Å²) in [5.41, 5.74) is 0. The monoisotopic (exact) mass is 140 g/mol. The summed E-state index contributed by atoms with van der Waals surface area (Å²) in [5.74, 6) is -0.745. The third-order valence-corrected chi connectivity index (χ3v) is 0.302. The summed E-state index contributed by atoms with van der Waals surface area (Å²) >= 11 is 0. The lowest BCUT2D eigenvalue weighted by Crippen LogP contribution is -1.86. The maximum Gasteiger partial charge on any atom is 0.303 e. The fraction of sp³-hybridized carbons (Fsp3) is 0.800. The van der Waals surface area contributed by atoms with Crippen molar-refractivity contribution in [2.75, 3.05) is 6.61 Å². The first-order valence-electron chi connectivity index (χ1n) is 2.51. The minimum absolute atomic E-state index is 0. The second-order valence-corrected chi connectivity index (χ2v) is 1.06. The molecule has 0 rings (SSSR count). The van der Waals surface area contributed by atoms with Gasteiger partial charge in [-0.2, -0.15) is 0 Å². The van der Waals surface area contributed by atoms with Crippen molar-refractivity contribution < 1.29 is 19.7 Å². The molecule has 9 heavy (non-hydrogen) atoms. The van der Waals surface area contributed by atoms with E-state index in [1.807, 2.05) is 0 Å². The zero-order valence-electron chi connectivity index (χ0n) is 5.63. The molecule has 0 aromatic carbocycles. The number of hydrogen-bond donors (Lipinski definition) is 2. The van der Waals surface area contributed by atoms with Crippen molar-refractivity contribution >= 4 is 5.97 Å². The fourth-order valence-electron chi connectivity index (χ4n) is 0. The van der Waals surface area contributed by atoms with Crippen molar-refractivity contribution in [2.45, 2.75) is 20.3 Å². The van der Waals surface area contributed by atoms with Gasteiger partial charge in [-0.15, -0.1) is 0 Å². The van der Waals surface area contributed by atoms with Gasteiger partial charge in [0.25, 0.3) is 0 Å². The molecule has 0 aromatic rings. The number of halogens is 1. The molecule has 0 saturated carbocycles. The number of aliphatic hydroxyl groups excluding tert-OH is 1. The molecular formula is C5H13FO3. The summed E-state index contributed by atoms with van der Waals surface area (Å²) < 4.78 is 0. The second kappa shape index (κ2) is 15.7. The largest absolute Gasteiger partial charge is 0.481 e. The van der Waals surface area contributed by atoms with E-state index in [9.17, 15) is 4.79 Å². The van der Waals surface area contributed by atoms with Gasteiger partial charge in [0.15, 0.2) is 0 Å². The van der Waals surface area contributed by atoms with Crippen LogP contribution in [-0.2, 0) is 4.79 Å². The van der Waals surface area contributed by atoms with Gasteiger partial charge < -0.3 is 10.2 Å². The number of carbonyl (C=O) groups is 1. The van der Waals surface area contributed by atoms with E-state index in [2.05, 4.69) is 0 Å². The second-order valence-electron chi connectivity index (χ2n) is 1.06. The quantitative estimate of drug-likeness (QED) is 0.561. The van der Waals surface area contributed by atoms with E-state index in [0.717, 1.165) is 0 Å². The maximum atomic E-state index is 9.37. The number of rotatable bonds is 1. The van der Waals surface area contributed by atoms with Gasteiger partial charge >= 0.3 is 5.97 Å². The average molecular weight is 140 g/mol. The lowest BCUT2D eigenvalue weighted by atomic mass is 10.5. The molecule has 0 fully saturated rings. The first-order chi connectivity index (χ1) is 3.68. The molecule has 0 saturated heterocycles. The Morgan fingerprint density at radius 2 is 1.56 bits per heavy atom. The van der Waals surface area contributed by atoms with E-state index < -0.39 is 5.97 Å². The standard InChI is InChI=1S/C3H6O2.C2H6O.FH/c1-2-3(4)5;1-2-3;/h2H2,1H3,(H,4,5);3H,2H2,1H3;1H. The molecule has 0 radical (unpaired) electrons. The van der Waals surface area contributed by atoms with Gasteiger partial charge in [0.1, 0.15) is 0 Å². The van der Waals surface area contributed by atoms with Crippen LogP contribution in [0.5, 0.6) is 0 Å². The van der Waals surface area contributed by atoms with Gasteiger partial charge in [-0.3, -0.25) is 9.50 Å². The molecule has 0 aliphatic heterocycles. The van der Waals surface area contributed by atoms with E-state index in [1.165, 1.54) is 0 Å². The van der Waals surface area contributed by atoms with Crippen molar-refractivity contribution in [2.24, 2.45) is 0 Å². The molecule has 3 nitrogen and oxygen atoms in total. The van der Waals surface area contributed by atoms with E-state index in [1.54, 1.807) is 13.8 Å². The molecular weight excluding hydrogens is 127 g/mol. The third-order valence-electron chi connectivity index (χ3n) is 0.302. The van der Waals surface area contributed by atoms with Crippen LogP contribution in [0.2, 0.25) is 0 Å². The first-order valence-corrected chi connectivity index (χ1v) is 2.51. The molecule has 0 heterocycles. The highest BCUT2D eigenvalue weighted by Gasteiger charge is 1.80.